The first-order valence-electron chi connectivity index (χ1n) is 9.72. The van der Waals surface area contributed by atoms with Gasteiger partial charge in [0.05, 0.1) is 11.0 Å². The quantitative estimate of drug-likeness (QED) is 0.405. The summed E-state index contributed by atoms with van der Waals surface area (Å²) in [5.41, 5.74) is 11.7. The van der Waals surface area contributed by atoms with Crippen LogP contribution in [0.1, 0.15) is 15.9 Å². The van der Waals surface area contributed by atoms with Gasteiger partial charge >= 0.3 is 0 Å². The number of benzene rings is 3. The van der Waals surface area contributed by atoms with Crippen LogP contribution in [0.3, 0.4) is 0 Å². The van der Waals surface area contributed by atoms with Crippen molar-refractivity contribution in [3.63, 3.8) is 0 Å². The van der Waals surface area contributed by atoms with Crippen molar-refractivity contribution in [1.82, 2.24) is 14.5 Å². The van der Waals surface area contributed by atoms with Crippen LogP contribution < -0.4 is 11.1 Å². The van der Waals surface area contributed by atoms with Gasteiger partial charge in [0.2, 0.25) is 0 Å². The molecule has 152 valence electrons. The zero-order chi connectivity index (χ0) is 21.5. The van der Waals surface area contributed by atoms with Gasteiger partial charge in [0.15, 0.2) is 5.65 Å². The Kier molecular flexibility index (Phi) is 4.56. The van der Waals surface area contributed by atoms with Crippen molar-refractivity contribution in [1.29, 1.82) is 0 Å². The van der Waals surface area contributed by atoms with E-state index in [2.05, 4.69) is 5.32 Å². The number of carbonyl (C=O) groups is 1. The van der Waals surface area contributed by atoms with Crippen LogP contribution in [-0.4, -0.2) is 20.4 Å². The van der Waals surface area contributed by atoms with Crippen LogP contribution in [0.25, 0.3) is 27.9 Å². The first-order valence-corrected chi connectivity index (χ1v) is 10.1. The summed E-state index contributed by atoms with van der Waals surface area (Å²) in [5.74, 6) is -0.0825. The molecule has 6 nitrogen and oxygen atoms in total. The Morgan fingerprint density at radius 3 is 2.26 bits per heavy atom. The van der Waals surface area contributed by atoms with Crippen molar-refractivity contribution in [3.05, 3.63) is 88.9 Å². The number of hydrogen-bond acceptors (Lipinski definition) is 4. The summed E-state index contributed by atoms with van der Waals surface area (Å²) in [6.07, 6.45) is 0. The summed E-state index contributed by atoms with van der Waals surface area (Å²) in [7, 11) is 0. The van der Waals surface area contributed by atoms with Crippen LogP contribution in [0.2, 0.25) is 5.02 Å². The number of carbonyl (C=O) groups excluding carboxylic acids is 1. The third-order valence-corrected chi connectivity index (χ3v) is 5.37. The van der Waals surface area contributed by atoms with Crippen molar-refractivity contribution in [2.24, 2.45) is 0 Å². The molecule has 0 spiro atoms. The molecular weight excluding hydrogens is 410 g/mol. The van der Waals surface area contributed by atoms with E-state index in [1.54, 1.807) is 28.8 Å². The number of nitrogen functional groups attached to an aromatic ring is 1. The summed E-state index contributed by atoms with van der Waals surface area (Å²) in [5, 5.41) is 3.47. The molecule has 0 aliphatic carbocycles. The maximum Gasteiger partial charge on any atom is 0.261 e. The Morgan fingerprint density at radius 2 is 1.58 bits per heavy atom. The molecule has 5 aromatic rings. The largest absolute Gasteiger partial charge is 0.384 e. The first kappa shape index (κ1) is 19.1. The van der Waals surface area contributed by atoms with Gasteiger partial charge in [-0.3, -0.25) is 9.36 Å². The van der Waals surface area contributed by atoms with Crippen LogP contribution in [-0.2, 0) is 0 Å². The fraction of sp³-hybridized carbons (Fsp3) is 0.0417. The lowest BCUT2D eigenvalue weighted by Gasteiger charge is -2.09. The van der Waals surface area contributed by atoms with Gasteiger partial charge in [0.1, 0.15) is 16.9 Å². The number of nitrogens with two attached hydrogens (primary N) is 1. The molecule has 0 radical (unpaired) electrons. The van der Waals surface area contributed by atoms with E-state index in [0.29, 0.717) is 27.4 Å². The van der Waals surface area contributed by atoms with E-state index in [1.165, 1.54) is 0 Å². The van der Waals surface area contributed by atoms with Crippen molar-refractivity contribution < 1.29 is 4.79 Å². The molecular formula is C24H18ClN5O. The van der Waals surface area contributed by atoms with Gasteiger partial charge in [-0.15, -0.1) is 0 Å². The predicted octanol–water partition coefficient (Wildman–Crippen LogP) is 5.37. The van der Waals surface area contributed by atoms with Crippen molar-refractivity contribution in [2.45, 2.75) is 6.92 Å². The lowest BCUT2D eigenvalue weighted by Crippen LogP contribution is -2.14. The van der Waals surface area contributed by atoms with Gasteiger partial charge in [0.25, 0.3) is 5.91 Å². The standard InChI is InChI=1S/C24H18ClN5O/c1-14-6-12-17(13-7-14)30-22(26)20(24(31)27-16-10-8-15(25)9-11-16)21-23(30)29-19-5-3-2-4-18(19)28-21/h2-13H,26H2,1H3,(H,27,31). The van der Waals surface area contributed by atoms with Crippen LogP contribution in [0, 0.1) is 6.92 Å². The van der Waals surface area contributed by atoms with Gasteiger partial charge in [-0.2, -0.15) is 0 Å². The second-order valence-electron chi connectivity index (χ2n) is 7.28. The monoisotopic (exact) mass is 427 g/mol. The second kappa shape index (κ2) is 7.41. The number of anilines is 2. The maximum absolute atomic E-state index is 13.3. The fourth-order valence-corrected chi connectivity index (χ4v) is 3.69. The Bertz CT molecular complexity index is 1440. The summed E-state index contributed by atoms with van der Waals surface area (Å²) in [6.45, 7) is 2.01. The number of hydrogen-bond donors (Lipinski definition) is 2. The lowest BCUT2D eigenvalue weighted by molar-refractivity contribution is 0.102. The van der Waals surface area contributed by atoms with Crippen molar-refractivity contribution in [2.75, 3.05) is 11.1 Å². The van der Waals surface area contributed by atoms with Gasteiger partial charge in [-0.1, -0.05) is 41.4 Å². The second-order valence-corrected chi connectivity index (χ2v) is 7.71. The highest BCUT2D eigenvalue weighted by atomic mass is 35.5. The number of aromatic nitrogens is 3. The summed E-state index contributed by atoms with van der Waals surface area (Å²) >= 11 is 5.95. The van der Waals surface area contributed by atoms with Crippen molar-refractivity contribution in [3.8, 4) is 5.69 Å². The van der Waals surface area contributed by atoms with Crippen molar-refractivity contribution >= 4 is 51.2 Å². The molecule has 0 aliphatic rings. The number of halogens is 1. The summed E-state index contributed by atoms with van der Waals surface area (Å²) < 4.78 is 1.77. The molecule has 3 aromatic carbocycles. The number of aryl methyl sites for hydroxylation is 1. The lowest BCUT2D eigenvalue weighted by atomic mass is 10.2. The van der Waals surface area contributed by atoms with Crippen LogP contribution in [0.4, 0.5) is 11.5 Å². The van der Waals surface area contributed by atoms with Gasteiger partial charge < -0.3 is 11.1 Å². The van der Waals surface area contributed by atoms with E-state index in [9.17, 15) is 4.79 Å². The molecule has 3 N–H and O–H groups in total. The maximum atomic E-state index is 13.3. The third kappa shape index (κ3) is 3.37. The number of para-hydroxylation sites is 2. The molecule has 1 amide bonds. The molecule has 5 rings (SSSR count). The third-order valence-electron chi connectivity index (χ3n) is 5.12. The number of nitrogens with zero attached hydrogens (tertiary/aromatic N) is 3. The molecule has 31 heavy (non-hydrogen) atoms. The fourth-order valence-electron chi connectivity index (χ4n) is 3.57. The Hall–Kier alpha value is -3.90. The van der Waals surface area contributed by atoms with Gasteiger partial charge in [0, 0.05) is 16.4 Å². The molecule has 7 heteroatoms. The Labute approximate surface area is 183 Å². The highest BCUT2D eigenvalue weighted by Gasteiger charge is 2.25. The smallest absolute Gasteiger partial charge is 0.261 e. The number of amides is 1. The van der Waals surface area contributed by atoms with Gasteiger partial charge in [-0.05, 0) is 55.5 Å². The minimum absolute atomic E-state index is 0.278. The summed E-state index contributed by atoms with van der Waals surface area (Å²) in [4.78, 5) is 22.8. The number of rotatable bonds is 3. The molecule has 0 unspecified atom stereocenters. The van der Waals surface area contributed by atoms with E-state index in [1.807, 2.05) is 55.5 Å². The average molecular weight is 428 g/mol. The Morgan fingerprint density at radius 1 is 0.935 bits per heavy atom. The molecule has 2 heterocycles. The van der Waals surface area contributed by atoms with E-state index >= 15 is 0 Å². The van der Waals surface area contributed by atoms with Crippen LogP contribution in [0.5, 0.6) is 0 Å². The van der Waals surface area contributed by atoms with Crippen LogP contribution >= 0.6 is 11.6 Å². The predicted molar refractivity (Wildman–Crippen MR) is 125 cm³/mol. The molecule has 0 saturated heterocycles. The molecule has 2 aromatic heterocycles. The molecule has 0 bridgehead atoms. The highest BCUT2D eigenvalue weighted by Crippen LogP contribution is 2.31. The molecule has 0 fully saturated rings. The summed E-state index contributed by atoms with van der Waals surface area (Å²) in [6, 6.07) is 22.3. The minimum Gasteiger partial charge on any atom is -0.384 e. The number of nitrogens with one attached hydrogen (secondary N) is 1. The topological polar surface area (TPSA) is 85.8 Å². The minimum atomic E-state index is -0.361. The van der Waals surface area contributed by atoms with E-state index < -0.39 is 0 Å². The molecule has 0 saturated carbocycles. The van der Waals surface area contributed by atoms with Gasteiger partial charge in [-0.25, -0.2) is 9.97 Å². The first-order chi connectivity index (χ1) is 15.0. The SMILES string of the molecule is Cc1ccc(-n2c(N)c(C(=O)Nc3ccc(Cl)cc3)c3nc4ccccc4nc32)cc1. The average Bonchev–Trinajstić information content (AvgIpc) is 3.05. The highest BCUT2D eigenvalue weighted by molar-refractivity contribution is 6.30. The van der Waals surface area contributed by atoms with E-state index in [4.69, 9.17) is 27.3 Å². The molecule has 0 atom stereocenters. The molecule has 0 aliphatic heterocycles. The number of fused-ring (bicyclic) bond motifs is 2. The zero-order valence-corrected chi connectivity index (χ0v) is 17.4. The van der Waals surface area contributed by atoms with E-state index in [0.717, 1.165) is 16.8 Å². The van der Waals surface area contributed by atoms with Crippen LogP contribution in [0.15, 0.2) is 72.8 Å². The normalized spacial score (nSPS) is 11.2. The zero-order valence-electron chi connectivity index (χ0n) is 16.6. The Balaban J connectivity index is 1.74. The van der Waals surface area contributed by atoms with E-state index in [-0.39, 0.29) is 17.3 Å².